The van der Waals surface area contributed by atoms with E-state index in [1.54, 1.807) is 6.26 Å². The van der Waals surface area contributed by atoms with Crippen molar-refractivity contribution in [1.29, 1.82) is 0 Å². The number of aromatic nitrogens is 1. The maximum Gasteiger partial charge on any atom is 0.202 e. The molecule has 0 radical (unpaired) electrons. The van der Waals surface area contributed by atoms with Crippen LogP contribution in [0.1, 0.15) is 30.9 Å². The molecule has 0 amide bonds. The number of aliphatic imine (C=N–C) groups is 4. The molecule has 4 rings (SSSR count). The fourth-order valence-electron chi connectivity index (χ4n) is 3.84. The van der Waals surface area contributed by atoms with Crippen molar-refractivity contribution in [2.24, 2.45) is 25.7 Å². The summed E-state index contributed by atoms with van der Waals surface area (Å²) in [4.78, 5) is 25.2. The molecule has 0 aliphatic carbocycles. The zero-order valence-corrected chi connectivity index (χ0v) is 20.7. The highest BCUT2D eigenvalue weighted by atomic mass is 16.3. The number of rotatable bonds is 8. The highest BCUT2D eigenvalue weighted by molar-refractivity contribution is 6.00. The molecule has 0 saturated carbocycles. The second-order valence-electron chi connectivity index (χ2n) is 8.73. The lowest BCUT2D eigenvalue weighted by Crippen LogP contribution is -2.51. The van der Waals surface area contributed by atoms with Crippen molar-refractivity contribution >= 4 is 23.8 Å². The average molecular weight is 482 g/mol. The molecule has 12 nitrogen and oxygen atoms in total. The van der Waals surface area contributed by atoms with Crippen LogP contribution in [0.3, 0.4) is 0 Å². The molecule has 0 spiro atoms. The van der Waals surface area contributed by atoms with Gasteiger partial charge in [0.2, 0.25) is 11.9 Å². The van der Waals surface area contributed by atoms with E-state index in [9.17, 15) is 0 Å². The Hall–Kier alpha value is -3.96. The first kappa shape index (κ1) is 24.2. The van der Waals surface area contributed by atoms with Gasteiger partial charge in [0.05, 0.1) is 6.26 Å². The lowest BCUT2D eigenvalue weighted by molar-refractivity contribution is 0.447. The fourth-order valence-corrected chi connectivity index (χ4v) is 3.84. The van der Waals surface area contributed by atoms with Crippen LogP contribution < -0.4 is 21.7 Å². The van der Waals surface area contributed by atoms with E-state index in [4.69, 9.17) is 10.2 Å². The summed E-state index contributed by atoms with van der Waals surface area (Å²) in [5, 5.41) is 9.54. The number of guanidine groups is 4. The van der Waals surface area contributed by atoms with Crippen LogP contribution in [0.15, 0.2) is 55.0 Å². The molecule has 4 heterocycles. The first-order valence-corrected chi connectivity index (χ1v) is 11.8. The topological polar surface area (TPSA) is 147 Å². The first-order valence-electron chi connectivity index (χ1n) is 11.8. The van der Waals surface area contributed by atoms with Crippen LogP contribution in [0, 0.1) is 0 Å². The van der Waals surface area contributed by atoms with Crippen LogP contribution >= 0.6 is 0 Å². The maximum absolute atomic E-state index is 5.76. The van der Waals surface area contributed by atoms with Crippen molar-refractivity contribution in [3.63, 3.8) is 0 Å². The highest BCUT2D eigenvalue weighted by Crippen LogP contribution is 2.12. The molecule has 0 bridgehead atoms. The van der Waals surface area contributed by atoms with Crippen LogP contribution in [0.2, 0.25) is 0 Å². The quantitative estimate of drug-likeness (QED) is 0.371. The molecule has 2 aliphatic rings. The number of likely N-dealkylation sites (N-methyl/N-ethyl adjacent to an activating group) is 1. The number of aromatic amines is 1. The van der Waals surface area contributed by atoms with Gasteiger partial charge in [-0.25, -0.2) is 20.0 Å². The van der Waals surface area contributed by atoms with Gasteiger partial charge in [-0.15, -0.1) is 0 Å². The first-order chi connectivity index (χ1) is 16.9. The summed E-state index contributed by atoms with van der Waals surface area (Å²) >= 11 is 0. The normalized spacial score (nSPS) is 19.5. The van der Waals surface area contributed by atoms with Gasteiger partial charge < -0.3 is 30.3 Å². The Bertz CT molecular complexity index is 1100. The second-order valence-corrected chi connectivity index (χ2v) is 8.73. The molecule has 2 aromatic heterocycles. The van der Waals surface area contributed by atoms with Crippen LogP contribution in [-0.4, -0.2) is 78.1 Å². The van der Waals surface area contributed by atoms with Gasteiger partial charge in [-0.3, -0.25) is 10.6 Å². The van der Waals surface area contributed by atoms with Gasteiger partial charge in [0.1, 0.15) is 18.1 Å². The highest BCUT2D eigenvalue weighted by Gasteiger charge is 2.20. The molecule has 35 heavy (non-hydrogen) atoms. The van der Waals surface area contributed by atoms with Gasteiger partial charge in [0.15, 0.2) is 11.9 Å². The third kappa shape index (κ3) is 6.78. The Morgan fingerprint density at radius 1 is 1.03 bits per heavy atom. The largest absolute Gasteiger partial charge is 0.469 e. The SMILES string of the molecule is CC1N=C(N)NC(NCCc2cc(CN(C)C3=NC(C)N=C(N(C)CCc4ccc[nH]4)N3)co2)=N1. The zero-order chi connectivity index (χ0) is 24.8. The number of nitrogens with zero attached hydrogens (tertiary/aromatic N) is 6. The third-order valence-corrected chi connectivity index (χ3v) is 5.62. The standard InChI is InChI=1S/C23H35N11O/c1-15-27-20(24)31-21(28-15)26-10-7-19-12-17(14-35-19)13-34(4)23-30-16(2)29-22(32-23)33(3)11-8-18-6-5-9-25-18/h5-6,9,12,14-16,25H,7-8,10-11,13H2,1-4H3,(H,29,30,32)(H4,24,26,27,28,31). The van der Waals surface area contributed by atoms with Gasteiger partial charge in [-0.1, -0.05) is 0 Å². The maximum atomic E-state index is 5.76. The Labute approximate surface area is 205 Å². The zero-order valence-electron chi connectivity index (χ0n) is 20.7. The average Bonchev–Trinajstić information content (AvgIpc) is 3.48. The number of nitrogens with one attached hydrogen (secondary N) is 4. The molecule has 2 aliphatic heterocycles. The van der Waals surface area contributed by atoms with E-state index < -0.39 is 0 Å². The van der Waals surface area contributed by atoms with E-state index in [0.29, 0.717) is 31.4 Å². The summed E-state index contributed by atoms with van der Waals surface area (Å²) in [6.45, 7) is 6.04. The monoisotopic (exact) mass is 481 g/mol. The van der Waals surface area contributed by atoms with Crippen molar-refractivity contribution in [3.05, 3.63) is 47.7 Å². The van der Waals surface area contributed by atoms with Gasteiger partial charge in [-0.05, 0) is 32.0 Å². The smallest absolute Gasteiger partial charge is 0.202 e. The van der Waals surface area contributed by atoms with E-state index in [2.05, 4.69) is 62.8 Å². The number of H-pyrrole nitrogens is 1. The molecule has 12 heteroatoms. The Balaban J connectivity index is 1.25. The minimum atomic E-state index is -0.187. The molecule has 6 N–H and O–H groups in total. The Morgan fingerprint density at radius 3 is 2.54 bits per heavy atom. The molecule has 2 unspecified atom stereocenters. The van der Waals surface area contributed by atoms with Gasteiger partial charge >= 0.3 is 0 Å². The third-order valence-electron chi connectivity index (χ3n) is 5.62. The van der Waals surface area contributed by atoms with Crippen LogP contribution in [-0.2, 0) is 19.4 Å². The number of nitrogens with two attached hydrogens (primary N) is 1. The molecular weight excluding hydrogens is 446 g/mol. The predicted octanol–water partition coefficient (Wildman–Crippen LogP) is 0.627. The summed E-state index contributed by atoms with van der Waals surface area (Å²) in [6, 6.07) is 6.17. The summed E-state index contributed by atoms with van der Waals surface area (Å²) in [5.74, 6) is 3.49. The Morgan fingerprint density at radius 2 is 1.80 bits per heavy atom. The van der Waals surface area contributed by atoms with E-state index >= 15 is 0 Å². The van der Waals surface area contributed by atoms with Crippen LogP contribution in [0.4, 0.5) is 0 Å². The van der Waals surface area contributed by atoms with E-state index in [-0.39, 0.29) is 12.3 Å². The van der Waals surface area contributed by atoms with E-state index in [0.717, 1.165) is 36.2 Å². The summed E-state index contributed by atoms with van der Waals surface area (Å²) in [7, 11) is 4.05. The number of hydrogen-bond donors (Lipinski definition) is 5. The second kappa shape index (κ2) is 11.0. The molecular formula is C23H35N11O. The molecule has 188 valence electrons. The van der Waals surface area contributed by atoms with Crippen LogP contribution in [0.25, 0.3) is 0 Å². The fraction of sp³-hybridized carbons (Fsp3) is 0.478. The van der Waals surface area contributed by atoms with E-state index in [1.165, 1.54) is 5.69 Å². The van der Waals surface area contributed by atoms with Crippen LogP contribution in [0.5, 0.6) is 0 Å². The van der Waals surface area contributed by atoms with Gasteiger partial charge in [-0.2, -0.15) is 0 Å². The predicted molar refractivity (Wildman–Crippen MR) is 138 cm³/mol. The summed E-state index contributed by atoms with van der Waals surface area (Å²) < 4.78 is 5.76. The van der Waals surface area contributed by atoms with Crippen molar-refractivity contribution in [2.75, 3.05) is 27.2 Å². The van der Waals surface area contributed by atoms with Gasteiger partial charge in [0, 0.05) is 64.0 Å². The molecule has 0 saturated heterocycles. The lowest BCUT2D eigenvalue weighted by Gasteiger charge is -2.30. The Kier molecular flexibility index (Phi) is 7.58. The number of furan rings is 1. The van der Waals surface area contributed by atoms with Crippen molar-refractivity contribution in [2.45, 2.75) is 45.6 Å². The molecule has 0 aromatic carbocycles. The minimum Gasteiger partial charge on any atom is -0.469 e. The van der Waals surface area contributed by atoms with Crippen molar-refractivity contribution < 1.29 is 4.42 Å². The van der Waals surface area contributed by atoms with Crippen molar-refractivity contribution in [1.82, 2.24) is 30.7 Å². The minimum absolute atomic E-state index is 0.152. The molecule has 0 fully saturated rings. The molecule has 2 aromatic rings. The number of hydrogen-bond acceptors (Lipinski definition) is 11. The lowest BCUT2D eigenvalue weighted by atomic mass is 10.2. The molecule has 2 atom stereocenters. The van der Waals surface area contributed by atoms with Gasteiger partial charge in [0.25, 0.3) is 0 Å². The van der Waals surface area contributed by atoms with Crippen molar-refractivity contribution in [3.8, 4) is 0 Å². The summed E-state index contributed by atoms with van der Waals surface area (Å²) in [5.41, 5.74) is 8.02. The summed E-state index contributed by atoms with van der Waals surface area (Å²) in [6.07, 6.45) is 5.03. The van der Waals surface area contributed by atoms with E-state index in [1.807, 2.05) is 40.2 Å².